The number of nitrogens with one attached hydrogen (secondary N) is 1. The Bertz CT molecular complexity index is 761. The highest BCUT2D eigenvalue weighted by Gasteiger charge is 2.54. The molecule has 1 fully saturated rings. The summed E-state index contributed by atoms with van der Waals surface area (Å²) >= 11 is 0. The molecule has 3 amide bonds. The summed E-state index contributed by atoms with van der Waals surface area (Å²) in [5, 5.41) is 20.8. The SMILES string of the molecule is N#CCC[C@H](C#N)CN1C(=O)N[C@]2(CCCc3ccccc32)C1=O. The Hall–Kier alpha value is -2.86. The third-order valence-corrected chi connectivity index (χ3v) is 4.84. The minimum atomic E-state index is -0.999. The number of aryl methyl sites for hydroxylation is 1. The van der Waals surface area contributed by atoms with Crippen molar-refractivity contribution in [2.24, 2.45) is 5.92 Å². The highest BCUT2D eigenvalue weighted by Crippen LogP contribution is 2.40. The van der Waals surface area contributed by atoms with Crippen molar-refractivity contribution >= 4 is 11.9 Å². The fraction of sp³-hybridized carbons (Fsp3) is 0.444. The van der Waals surface area contributed by atoms with Gasteiger partial charge in [-0.2, -0.15) is 10.5 Å². The quantitative estimate of drug-likeness (QED) is 0.859. The Morgan fingerprint density at radius 2 is 2.08 bits per heavy atom. The first-order chi connectivity index (χ1) is 11.6. The number of amides is 3. The van der Waals surface area contributed by atoms with Crippen molar-refractivity contribution in [3.8, 4) is 12.1 Å². The molecular formula is C18H18N4O2. The van der Waals surface area contributed by atoms with Gasteiger partial charge in [0.05, 0.1) is 18.1 Å². The molecule has 0 aromatic heterocycles. The van der Waals surface area contributed by atoms with Crippen molar-refractivity contribution in [2.75, 3.05) is 6.54 Å². The van der Waals surface area contributed by atoms with Gasteiger partial charge in [-0.1, -0.05) is 24.3 Å². The molecule has 2 aliphatic rings. The normalized spacial score (nSPS) is 23.3. The number of nitriles is 2. The van der Waals surface area contributed by atoms with Crippen LogP contribution in [0.25, 0.3) is 0 Å². The molecule has 1 aliphatic heterocycles. The van der Waals surface area contributed by atoms with Crippen LogP contribution in [0.4, 0.5) is 4.79 Å². The largest absolute Gasteiger partial charge is 0.325 e. The summed E-state index contributed by atoms with van der Waals surface area (Å²) in [5.41, 5.74) is 0.949. The lowest BCUT2D eigenvalue weighted by Gasteiger charge is -2.33. The van der Waals surface area contributed by atoms with Gasteiger partial charge in [0.25, 0.3) is 5.91 Å². The monoisotopic (exact) mass is 322 g/mol. The van der Waals surface area contributed by atoms with E-state index in [0.29, 0.717) is 12.8 Å². The van der Waals surface area contributed by atoms with E-state index in [1.54, 1.807) is 0 Å². The zero-order valence-electron chi connectivity index (χ0n) is 13.3. The van der Waals surface area contributed by atoms with Gasteiger partial charge in [-0.05, 0) is 36.8 Å². The fourth-order valence-electron chi connectivity index (χ4n) is 3.63. The molecule has 0 saturated carbocycles. The van der Waals surface area contributed by atoms with Crippen LogP contribution in [0.2, 0.25) is 0 Å². The maximum atomic E-state index is 13.0. The second-order valence-corrected chi connectivity index (χ2v) is 6.28. The number of rotatable bonds is 4. The summed E-state index contributed by atoms with van der Waals surface area (Å²) in [4.78, 5) is 26.6. The van der Waals surface area contributed by atoms with E-state index < -0.39 is 17.5 Å². The number of fused-ring (bicyclic) bond motifs is 2. The summed E-state index contributed by atoms with van der Waals surface area (Å²) in [6, 6.07) is 11.3. The van der Waals surface area contributed by atoms with Crippen molar-refractivity contribution < 1.29 is 9.59 Å². The highest BCUT2D eigenvalue weighted by atomic mass is 16.2. The smallest absolute Gasteiger partial charge is 0.319 e. The first-order valence-electron chi connectivity index (χ1n) is 8.11. The summed E-state index contributed by atoms with van der Waals surface area (Å²) in [6.45, 7) is 0.0345. The zero-order valence-corrected chi connectivity index (χ0v) is 13.3. The van der Waals surface area contributed by atoms with Crippen LogP contribution in [0.5, 0.6) is 0 Å². The van der Waals surface area contributed by atoms with Gasteiger partial charge in [0.15, 0.2) is 0 Å². The van der Waals surface area contributed by atoms with Crippen LogP contribution < -0.4 is 5.32 Å². The van der Waals surface area contributed by atoms with Gasteiger partial charge in [0, 0.05) is 13.0 Å². The van der Waals surface area contributed by atoms with E-state index in [9.17, 15) is 14.9 Å². The fourth-order valence-corrected chi connectivity index (χ4v) is 3.63. The van der Waals surface area contributed by atoms with Crippen molar-refractivity contribution in [1.82, 2.24) is 10.2 Å². The van der Waals surface area contributed by atoms with Gasteiger partial charge in [-0.15, -0.1) is 0 Å². The second kappa shape index (κ2) is 6.33. The molecule has 3 rings (SSSR count). The average Bonchev–Trinajstić information content (AvgIpc) is 2.83. The number of hydrogen-bond acceptors (Lipinski definition) is 4. The molecule has 2 atom stereocenters. The Kier molecular flexibility index (Phi) is 4.22. The van der Waals surface area contributed by atoms with E-state index in [0.717, 1.165) is 28.9 Å². The predicted molar refractivity (Wildman–Crippen MR) is 85.3 cm³/mol. The maximum absolute atomic E-state index is 13.0. The highest BCUT2D eigenvalue weighted by molar-refractivity contribution is 6.07. The van der Waals surface area contributed by atoms with Crippen LogP contribution >= 0.6 is 0 Å². The Morgan fingerprint density at radius 3 is 2.83 bits per heavy atom. The third-order valence-electron chi connectivity index (χ3n) is 4.84. The van der Waals surface area contributed by atoms with Gasteiger partial charge in [0.2, 0.25) is 0 Å². The van der Waals surface area contributed by atoms with E-state index in [4.69, 9.17) is 5.26 Å². The third kappa shape index (κ3) is 2.51. The van der Waals surface area contributed by atoms with E-state index in [-0.39, 0.29) is 18.9 Å². The number of imide groups is 1. The van der Waals surface area contributed by atoms with Gasteiger partial charge >= 0.3 is 6.03 Å². The summed E-state index contributed by atoms with van der Waals surface area (Å²) in [7, 11) is 0. The van der Waals surface area contributed by atoms with E-state index in [2.05, 4.69) is 11.4 Å². The van der Waals surface area contributed by atoms with Crippen LogP contribution in [0.3, 0.4) is 0 Å². The average molecular weight is 322 g/mol. The van der Waals surface area contributed by atoms with Crippen molar-refractivity contribution in [1.29, 1.82) is 10.5 Å². The van der Waals surface area contributed by atoms with Gasteiger partial charge in [-0.3, -0.25) is 9.69 Å². The van der Waals surface area contributed by atoms with E-state index in [1.165, 1.54) is 0 Å². The first kappa shape index (κ1) is 16.0. The molecule has 24 heavy (non-hydrogen) atoms. The maximum Gasteiger partial charge on any atom is 0.325 e. The summed E-state index contributed by atoms with van der Waals surface area (Å²) < 4.78 is 0. The zero-order chi connectivity index (χ0) is 17.2. The van der Waals surface area contributed by atoms with E-state index >= 15 is 0 Å². The molecular weight excluding hydrogens is 304 g/mol. The Balaban J connectivity index is 1.88. The lowest BCUT2D eigenvalue weighted by Crippen LogP contribution is -2.46. The molecule has 0 bridgehead atoms. The number of carbonyl (C=O) groups excluding carboxylic acids is 2. The first-order valence-corrected chi connectivity index (χ1v) is 8.11. The second-order valence-electron chi connectivity index (χ2n) is 6.28. The van der Waals surface area contributed by atoms with Crippen molar-refractivity contribution in [3.05, 3.63) is 35.4 Å². The molecule has 1 saturated heterocycles. The Morgan fingerprint density at radius 1 is 1.29 bits per heavy atom. The number of carbonyl (C=O) groups is 2. The van der Waals surface area contributed by atoms with Crippen LogP contribution in [0.1, 0.15) is 36.8 Å². The molecule has 1 aromatic rings. The Labute approximate surface area is 140 Å². The number of nitrogens with zero attached hydrogens (tertiary/aromatic N) is 3. The number of benzene rings is 1. The molecule has 0 unspecified atom stereocenters. The molecule has 1 heterocycles. The summed E-state index contributed by atoms with van der Waals surface area (Å²) in [6.07, 6.45) is 2.88. The molecule has 6 nitrogen and oxygen atoms in total. The molecule has 1 aromatic carbocycles. The molecule has 1 aliphatic carbocycles. The van der Waals surface area contributed by atoms with E-state index in [1.807, 2.05) is 30.3 Å². The molecule has 122 valence electrons. The van der Waals surface area contributed by atoms with Crippen molar-refractivity contribution in [2.45, 2.75) is 37.6 Å². The minimum absolute atomic E-state index is 0.0345. The van der Waals surface area contributed by atoms with Crippen LogP contribution in [0, 0.1) is 28.6 Å². The summed E-state index contributed by atoms with van der Waals surface area (Å²) in [5.74, 6) is -0.801. The van der Waals surface area contributed by atoms with Crippen LogP contribution in [0.15, 0.2) is 24.3 Å². The van der Waals surface area contributed by atoms with Gasteiger partial charge in [0.1, 0.15) is 5.54 Å². The number of hydrogen-bond donors (Lipinski definition) is 1. The molecule has 6 heteroatoms. The lowest BCUT2D eigenvalue weighted by atomic mass is 9.76. The molecule has 1 spiro atoms. The lowest BCUT2D eigenvalue weighted by molar-refractivity contribution is -0.132. The van der Waals surface area contributed by atoms with Gasteiger partial charge in [-0.25, -0.2) is 4.79 Å². The van der Waals surface area contributed by atoms with Crippen LogP contribution in [-0.4, -0.2) is 23.4 Å². The topological polar surface area (TPSA) is 97.0 Å². The van der Waals surface area contributed by atoms with Crippen molar-refractivity contribution in [3.63, 3.8) is 0 Å². The van der Waals surface area contributed by atoms with Crippen LogP contribution in [-0.2, 0) is 16.8 Å². The standard InChI is InChI=1S/C18H18N4O2/c19-10-4-5-13(11-20)12-22-16(23)18(21-17(22)24)9-3-7-14-6-1-2-8-15(14)18/h1-2,6,8,13H,3-5,7,9,12H2,(H,21,24)/t13-,18+/m1/s1. The minimum Gasteiger partial charge on any atom is -0.319 e. The number of urea groups is 1. The predicted octanol–water partition coefficient (Wildman–Crippen LogP) is 2.21. The van der Waals surface area contributed by atoms with Gasteiger partial charge < -0.3 is 5.32 Å². The molecule has 1 N–H and O–H groups in total. The molecule has 0 radical (unpaired) electrons.